The van der Waals surface area contributed by atoms with Gasteiger partial charge in [0.25, 0.3) is 5.91 Å². The molecule has 9 heteroatoms. The fourth-order valence-corrected chi connectivity index (χ4v) is 3.94. The van der Waals surface area contributed by atoms with Gasteiger partial charge in [0.1, 0.15) is 5.82 Å². The van der Waals surface area contributed by atoms with E-state index in [9.17, 15) is 9.00 Å². The normalized spacial score (nSPS) is 20.7. The van der Waals surface area contributed by atoms with E-state index in [0.29, 0.717) is 11.1 Å². The number of ether oxygens (including phenoxy) is 1. The molecule has 2 aliphatic rings. The van der Waals surface area contributed by atoms with Crippen LogP contribution in [-0.4, -0.2) is 51.2 Å². The van der Waals surface area contributed by atoms with Gasteiger partial charge in [0.2, 0.25) is 0 Å². The average molecular weight is 373 g/mol. The van der Waals surface area contributed by atoms with E-state index in [4.69, 9.17) is 4.74 Å². The molecule has 1 N–H and O–H groups in total. The molecule has 8 nitrogen and oxygen atoms in total. The van der Waals surface area contributed by atoms with Crippen molar-refractivity contribution in [3.05, 3.63) is 36.8 Å². The van der Waals surface area contributed by atoms with Crippen LogP contribution in [0.3, 0.4) is 0 Å². The first-order valence-corrected chi connectivity index (χ1v) is 9.53. The number of hydrogen-bond donors (Lipinski definition) is 1. The second kappa shape index (κ2) is 7.00. The van der Waals surface area contributed by atoms with Gasteiger partial charge in [-0.15, -0.1) is 0 Å². The van der Waals surface area contributed by atoms with Crippen molar-refractivity contribution in [2.75, 3.05) is 25.2 Å². The maximum absolute atomic E-state index is 11.8. The Kier molecular flexibility index (Phi) is 4.56. The van der Waals surface area contributed by atoms with Crippen LogP contribution in [-0.2, 0) is 20.5 Å². The van der Waals surface area contributed by atoms with Crippen molar-refractivity contribution in [3.63, 3.8) is 0 Å². The predicted molar refractivity (Wildman–Crippen MR) is 98.3 cm³/mol. The van der Waals surface area contributed by atoms with Gasteiger partial charge >= 0.3 is 0 Å². The molecule has 0 aliphatic carbocycles. The van der Waals surface area contributed by atoms with Gasteiger partial charge in [-0.05, 0) is 25.0 Å². The molecular weight excluding hydrogens is 354 g/mol. The number of nitrogens with zero attached hydrogens (tertiary/aromatic N) is 4. The van der Waals surface area contributed by atoms with Crippen LogP contribution < -0.4 is 9.62 Å². The van der Waals surface area contributed by atoms with Crippen LogP contribution in [0.2, 0.25) is 0 Å². The smallest absolute Gasteiger partial charge is 0.258 e. The minimum absolute atomic E-state index is 0.324. The Morgan fingerprint density at radius 3 is 2.73 bits per heavy atom. The average Bonchev–Trinajstić information content (AvgIpc) is 3.28. The van der Waals surface area contributed by atoms with Crippen LogP contribution in [0.15, 0.2) is 36.8 Å². The van der Waals surface area contributed by atoms with E-state index in [-0.39, 0.29) is 5.91 Å². The quantitative estimate of drug-likeness (QED) is 0.865. The number of hydrogen-bond acceptors (Lipinski definition) is 6. The second-order valence-corrected chi connectivity index (χ2v) is 7.41. The van der Waals surface area contributed by atoms with Crippen molar-refractivity contribution in [2.24, 2.45) is 0 Å². The van der Waals surface area contributed by atoms with Crippen LogP contribution in [0.1, 0.15) is 12.8 Å². The molecule has 2 aliphatic heterocycles. The lowest BCUT2D eigenvalue weighted by Crippen LogP contribution is -2.37. The lowest BCUT2D eigenvalue weighted by Gasteiger charge is -2.32. The Hall–Kier alpha value is -2.52. The van der Waals surface area contributed by atoms with E-state index in [2.05, 4.69) is 26.8 Å². The van der Waals surface area contributed by atoms with Gasteiger partial charge in [0.05, 0.1) is 6.20 Å². The summed E-state index contributed by atoms with van der Waals surface area (Å²) in [5.41, 5.74) is 1.75. The third-order valence-electron chi connectivity index (χ3n) is 4.63. The van der Waals surface area contributed by atoms with Crippen LogP contribution >= 0.6 is 0 Å². The lowest BCUT2D eigenvalue weighted by molar-refractivity contribution is -0.114. The SMILES string of the molecule is CN(c1ccc(-c2cnn(C3=CC(=O)NS3=O)c2)cn1)C1CCOCC1. The zero-order chi connectivity index (χ0) is 18.1. The highest BCUT2D eigenvalue weighted by Crippen LogP contribution is 2.24. The van der Waals surface area contributed by atoms with Gasteiger partial charge in [0, 0.05) is 55.9 Å². The molecule has 1 atom stereocenters. The number of nitrogens with one attached hydrogen (secondary N) is 1. The first-order valence-electron chi connectivity index (χ1n) is 8.38. The number of aromatic nitrogens is 3. The van der Waals surface area contributed by atoms with Gasteiger partial charge in [-0.3, -0.25) is 9.52 Å². The Balaban J connectivity index is 1.51. The van der Waals surface area contributed by atoms with Gasteiger partial charge in [0.15, 0.2) is 16.0 Å². The molecule has 136 valence electrons. The standard InChI is InChI=1S/C17H19N5O3S/c1-21(14-4-6-25-7-5-14)15-3-2-12(9-18-15)13-10-19-22(11-13)17-8-16(23)20-26(17)24/h2-3,8-11,14H,4-7H2,1H3,(H,20,23). The largest absolute Gasteiger partial charge is 0.381 e. The lowest BCUT2D eigenvalue weighted by atomic mass is 10.1. The summed E-state index contributed by atoms with van der Waals surface area (Å²) in [5.74, 6) is 0.542. The molecule has 0 bridgehead atoms. The Labute approximate surface area is 153 Å². The van der Waals surface area contributed by atoms with E-state index in [1.165, 1.54) is 10.8 Å². The number of carbonyl (C=O) groups is 1. The van der Waals surface area contributed by atoms with Gasteiger partial charge in [-0.2, -0.15) is 5.10 Å². The van der Waals surface area contributed by atoms with E-state index >= 15 is 0 Å². The molecule has 1 unspecified atom stereocenters. The highest BCUT2D eigenvalue weighted by molar-refractivity contribution is 7.93. The summed E-state index contributed by atoms with van der Waals surface area (Å²) < 4.78 is 21.0. The maximum Gasteiger partial charge on any atom is 0.258 e. The monoisotopic (exact) mass is 373 g/mol. The molecule has 1 amide bonds. The summed E-state index contributed by atoms with van der Waals surface area (Å²) in [7, 11) is 0.489. The predicted octanol–water partition coefficient (Wildman–Crippen LogP) is 1.15. The molecule has 0 spiro atoms. The minimum Gasteiger partial charge on any atom is -0.381 e. The molecule has 0 aromatic carbocycles. The molecule has 4 rings (SSSR count). The number of anilines is 1. The fourth-order valence-electron chi connectivity index (χ4n) is 3.11. The number of rotatable bonds is 4. The van der Waals surface area contributed by atoms with Crippen molar-refractivity contribution in [1.82, 2.24) is 19.5 Å². The van der Waals surface area contributed by atoms with Gasteiger partial charge < -0.3 is 9.64 Å². The summed E-state index contributed by atoms with van der Waals surface area (Å²) >= 11 is 0. The van der Waals surface area contributed by atoms with E-state index in [0.717, 1.165) is 43.0 Å². The first-order chi connectivity index (χ1) is 12.6. The van der Waals surface area contributed by atoms with Gasteiger partial charge in [-0.1, -0.05) is 0 Å². The van der Waals surface area contributed by atoms with Crippen molar-refractivity contribution in [1.29, 1.82) is 0 Å². The molecular formula is C17H19N5O3S. The highest BCUT2D eigenvalue weighted by Gasteiger charge is 2.22. The van der Waals surface area contributed by atoms with Crippen molar-refractivity contribution >= 4 is 27.7 Å². The Morgan fingerprint density at radius 2 is 2.08 bits per heavy atom. The van der Waals surface area contributed by atoms with Crippen molar-refractivity contribution < 1.29 is 13.7 Å². The molecule has 26 heavy (non-hydrogen) atoms. The van der Waals surface area contributed by atoms with Crippen LogP contribution in [0.25, 0.3) is 16.2 Å². The van der Waals surface area contributed by atoms with Crippen molar-refractivity contribution in [3.8, 4) is 11.1 Å². The molecule has 1 fully saturated rings. The summed E-state index contributed by atoms with van der Waals surface area (Å²) in [4.78, 5) is 18.1. The van der Waals surface area contributed by atoms with Crippen LogP contribution in [0, 0.1) is 0 Å². The fraction of sp³-hybridized carbons (Fsp3) is 0.353. The number of carbonyl (C=O) groups excluding carboxylic acids is 1. The summed E-state index contributed by atoms with van der Waals surface area (Å²) in [6.45, 7) is 1.59. The third kappa shape index (κ3) is 3.27. The number of pyridine rings is 1. The number of amides is 1. The third-order valence-corrected chi connectivity index (χ3v) is 5.70. The topological polar surface area (TPSA) is 89.4 Å². The zero-order valence-corrected chi connectivity index (χ0v) is 15.1. The molecule has 0 saturated carbocycles. The van der Waals surface area contributed by atoms with Crippen LogP contribution in [0.4, 0.5) is 5.82 Å². The van der Waals surface area contributed by atoms with E-state index in [1.807, 2.05) is 12.1 Å². The highest BCUT2D eigenvalue weighted by atomic mass is 32.2. The van der Waals surface area contributed by atoms with Crippen LogP contribution in [0.5, 0.6) is 0 Å². The molecule has 2 aromatic heterocycles. The first kappa shape index (κ1) is 16.9. The van der Waals surface area contributed by atoms with Gasteiger partial charge in [-0.25, -0.2) is 13.9 Å². The molecule has 2 aromatic rings. The Morgan fingerprint density at radius 1 is 1.27 bits per heavy atom. The summed E-state index contributed by atoms with van der Waals surface area (Å²) in [6, 6.07) is 4.42. The van der Waals surface area contributed by atoms with E-state index < -0.39 is 11.0 Å². The Bertz CT molecular complexity index is 871. The maximum atomic E-state index is 11.8. The summed E-state index contributed by atoms with van der Waals surface area (Å²) in [5, 5.41) is 4.53. The molecule has 1 saturated heterocycles. The second-order valence-electron chi connectivity index (χ2n) is 6.25. The summed E-state index contributed by atoms with van der Waals surface area (Å²) in [6.07, 6.45) is 8.51. The minimum atomic E-state index is -1.57. The zero-order valence-electron chi connectivity index (χ0n) is 14.3. The van der Waals surface area contributed by atoms with E-state index in [1.54, 1.807) is 18.6 Å². The molecule has 4 heterocycles. The molecule has 0 radical (unpaired) electrons. The van der Waals surface area contributed by atoms with Crippen molar-refractivity contribution in [2.45, 2.75) is 18.9 Å².